The van der Waals surface area contributed by atoms with E-state index in [0.29, 0.717) is 27.8 Å². The van der Waals surface area contributed by atoms with Gasteiger partial charge < -0.3 is 15.2 Å². The molecule has 1 aromatic heterocycles. The van der Waals surface area contributed by atoms with Crippen LogP contribution in [0, 0.1) is 11.7 Å². The second kappa shape index (κ2) is 9.83. The molecule has 4 atom stereocenters. The van der Waals surface area contributed by atoms with Gasteiger partial charge in [0, 0.05) is 17.4 Å². The van der Waals surface area contributed by atoms with E-state index in [1.807, 2.05) is 0 Å². The quantitative estimate of drug-likeness (QED) is 0.416. The highest BCUT2D eigenvalue weighted by molar-refractivity contribution is 7.70. The summed E-state index contributed by atoms with van der Waals surface area (Å²) in [5.41, 5.74) is 3.59. The van der Waals surface area contributed by atoms with E-state index in [2.05, 4.69) is 37.7 Å². The molecular weight excluding hydrogens is 508 g/mol. The number of anilines is 3. The van der Waals surface area contributed by atoms with Gasteiger partial charge in [0.15, 0.2) is 5.82 Å². The number of hydrogen-bond acceptors (Lipinski definition) is 6. The van der Waals surface area contributed by atoms with Gasteiger partial charge in [-0.15, -0.1) is 0 Å². The van der Waals surface area contributed by atoms with Crippen LogP contribution in [-0.4, -0.2) is 52.9 Å². The third-order valence-corrected chi connectivity index (χ3v) is 10.2. The summed E-state index contributed by atoms with van der Waals surface area (Å²) < 4.78 is 26.6. The number of fused-ring (bicyclic) bond motifs is 1. The third-order valence-electron chi connectivity index (χ3n) is 8.37. The maximum absolute atomic E-state index is 13.9. The van der Waals surface area contributed by atoms with Gasteiger partial charge in [-0.2, -0.15) is 4.98 Å². The van der Waals surface area contributed by atoms with Gasteiger partial charge >= 0.3 is 0 Å². The Morgan fingerprint density at radius 1 is 1.19 bits per heavy atom. The summed E-state index contributed by atoms with van der Waals surface area (Å²) in [5, 5.41) is 7.36. The Bertz CT molecular complexity index is 1320. The Kier molecular flexibility index (Phi) is 6.67. The van der Waals surface area contributed by atoms with Crippen molar-refractivity contribution in [3.63, 3.8) is 0 Å². The van der Waals surface area contributed by atoms with E-state index in [1.165, 1.54) is 56.4 Å². The highest BCUT2D eigenvalue weighted by Gasteiger charge is 2.48. The minimum atomic E-state index is -2.73. The molecule has 4 aliphatic rings. The highest BCUT2D eigenvalue weighted by Crippen LogP contribution is 2.47. The van der Waals surface area contributed by atoms with Crippen LogP contribution in [0.2, 0.25) is 5.02 Å². The smallest absolute Gasteiger partial charge is 0.225 e. The third kappa shape index (κ3) is 5.36. The maximum atomic E-state index is 13.9. The molecule has 1 aromatic carbocycles. The molecule has 1 saturated heterocycles. The van der Waals surface area contributed by atoms with E-state index in [4.69, 9.17) is 11.6 Å². The Hall–Kier alpha value is -2.21. The van der Waals surface area contributed by atoms with Gasteiger partial charge in [0.2, 0.25) is 5.95 Å². The number of benzene rings is 1. The predicted octanol–water partition coefficient (Wildman–Crippen LogP) is 6.33. The number of rotatable bonds is 6. The lowest BCUT2D eigenvalue weighted by Crippen LogP contribution is -2.35. The fraction of sp³-hybridized carbons (Fsp3) is 0.500. The van der Waals surface area contributed by atoms with E-state index in [0.717, 1.165) is 30.8 Å². The summed E-state index contributed by atoms with van der Waals surface area (Å²) in [6.45, 7) is 4.52. The molecule has 2 fully saturated rings. The molecule has 0 spiro atoms. The van der Waals surface area contributed by atoms with Gasteiger partial charge in [-0.25, -0.2) is 9.37 Å². The lowest BCUT2D eigenvalue weighted by atomic mass is 9.91. The van der Waals surface area contributed by atoms with Crippen LogP contribution in [0.1, 0.15) is 44.9 Å². The number of piperidine rings is 1. The second-order valence-electron chi connectivity index (χ2n) is 11.3. The van der Waals surface area contributed by atoms with Gasteiger partial charge in [-0.3, -0.25) is 4.90 Å². The number of likely N-dealkylation sites (tertiary alicyclic amines) is 1. The first-order chi connectivity index (χ1) is 17.7. The average molecular weight is 542 g/mol. The number of halogens is 2. The van der Waals surface area contributed by atoms with Crippen molar-refractivity contribution in [1.29, 1.82) is 0 Å². The maximum Gasteiger partial charge on any atom is 0.225 e. The van der Waals surface area contributed by atoms with Crippen LogP contribution in [0.5, 0.6) is 0 Å². The van der Waals surface area contributed by atoms with Gasteiger partial charge in [-0.05, 0) is 94.5 Å². The van der Waals surface area contributed by atoms with Gasteiger partial charge in [0.25, 0.3) is 0 Å². The molecule has 6 nitrogen and oxygen atoms in total. The number of aromatic nitrogens is 2. The fourth-order valence-corrected chi connectivity index (χ4v) is 7.61. The Morgan fingerprint density at radius 2 is 2.03 bits per heavy atom. The summed E-state index contributed by atoms with van der Waals surface area (Å²) in [6, 6.07) is 5.92. The first kappa shape index (κ1) is 25.1. The van der Waals surface area contributed by atoms with Crippen molar-refractivity contribution in [2.45, 2.75) is 63.1 Å². The lowest BCUT2D eigenvalue weighted by molar-refractivity contribution is 0.195. The van der Waals surface area contributed by atoms with Crippen molar-refractivity contribution in [3.05, 3.63) is 58.5 Å². The Labute approximate surface area is 223 Å². The van der Waals surface area contributed by atoms with E-state index < -0.39 is 13.0 Å². The molecule has 2 unspecified atom stereocenters. The van der Waals surface area contributed by atoms with Crippen LogP contribution in [-0.2, 0) is 4.57 Å². The molecule has 1 aliphatic heterocycles. The lowest BCUT2D eigenvalue weighted by Gasteiger charge is -2.28. The minimum absolute atomic E-state index is 0.108. The summed E-state index contributed by atoms with van der Waals surface area (Å²) in [4.78, 5) is 11.8. The van der Waals surface area contributed by atoms with Crippen LogP contribution in [0.15, 0.2) is 47.7 Å². The molecule has 0 amide bonds. The summed E-state index contributed by atoms with van der Waals surface area (Å²) >= 11 is 6.39. The summed E-state index contributed by atoms with van der Waals surface area (Å²) in [5.74, 6) is 1.41. The zero-order chi connectivity index (χ0) is 25.7. The SMILES string of the molecule is CP(C)(=O)c1cc(F)ccc1Nc1nc(NC2C=CC3=C(CC[C@H](N4CCC5C[C@H]54)CC3)C2)ncc1Cl. The molecule has 9 heteroatoms. The van der Waals surface area contributed by atoms with Crippen molar-refractivity contribution in [1.82, 2.24) is 14.9 Å². The monoisotopic (exact) mass is 541 g/mol. The van der Waals surface area contributed by atoms with E-state index >= 15 is 0 Å². The van der Waals surface area contributed by atoms with Gasteiger partial charge in [0.1, 0.15) is 18.0 Å². The molecule has 6 rings (SSSR count). The average Bonchev–Trinajstić information content (AvgIpc) is 3.57. The largest absolute Gasteiger partial charge is 0.348 e. The Morgan fingerprint density at radius 3 is 2.78 bits per heavy atom. The van der Waals surface area contributed by atoms with Crippen LogP contribution in [0.25, 0.3) is 0 Å². The molecule has 2 aromatic rings. The molecule has 3 aliphatic carbocycles. The van der Waals surface area contributed by atoms with Crippen LogP contribution < -0.4 is 15.9 Å². The molecule has 2 heterocycles. The summed E-state index contributed by atoms with van der Waals surface area (Å²) in [7, 11) is -2.73. The normalized spacial score (nSPS) is 27.5. The van der Waals surface area contributed by atoms with Crippen molar-refractivity contribution in [2.75, 3.05) is 30.5 Å². The molecule has 0 bridgehead atoms. The Balaban J connectivity index is 1.13. The van der Waals surface area contributed by atoms with Crippen LogP contribution >= 0.6 is 18.7 Å². The molecule has 37 heavy (non-hydrogen) atoms. The molecule has 0 radical (unpaired) electrons. The number of nitrogens with zero attached hydrogens (tertiary/aromatic N) is 3. The molecule has 1 saturated carbocycles. The molecule has 2 N–H and O–H groups in total. The van der Waals surface area contributed by atoms with Crippen molar-refractivity contribution in [3.8, 4) is 0 Å². The standard InChI is InChI=1S/C28H34ClFN5OP/c1-37(2,36)26-15-20(30)6-10-24(26)33-27-23(29)16-31-28(34-27)32-21-7-3-17-4-8-22(9-5-18(17)13-21)35-12-11-19-14-25(19)35/h3,6-7,10,15-16,19,21-22,25H,4-5,8-9,11-14H2,1-2H3,(H2,31,32,33,34)/t19?,21?,22-,25-/m1/s1. The minimum Gasteiger partial charge on any atom is -0.348 e. The van der Waals surface area contributed by atoms with Gasteiger partial charge in [-0.1, -0.05) is 29.3 Å². The van der Waals surface area contributed by atoms with E-state index in [1.54, 1.807) is 31.2 Å². The van der Waals surface area contributed by atoms with Crippen molar-refractivity contribution in [2.24, 2.45) is 5.92 Å². The first-order valence-corrected chi connectivity index (χ1v) is 16.3. The van der Waals surface area contributed by atoms with Crippen LogP contribution in [0.3, 0.4) is 0 Å². The number of nitrogens with one attached hydrogen (secondary N) is 2. The van der Waals surface area contributed by atoms with Crippen LogP contribution in [0.4, 0.5) is 21.8 Å². The topological polar surface area (TPSA) is 70.2 Å². The molecule has 196 valence electrons. The number of hydrogen-bond donors (Lipinski definition) is 2. The van der Waals surface area contributed by atoms with E-state index in [-0.39, 0.29) is 6.04 Å². The van der Waals surface area contributed by atoms with Gasteiger partial charge in [0.05, 0.1) is 17.9 Å². The van der Waals surface area contributed by atoms with E-state index in [9.17, 15) is 8.96 Å². The molecular formula is C28H34ClFN5OP. The fourth-order valence-electron chi connectivity index (χ4n) is 6.33. The van der Waals surface area contributed by atoms with Crippen molar-refractivity contribution >= 4 is 41.5 Å². The zero-order valence-electron chi connectivity index (χ0n) is 21.4. The highest BCUT2D eigenvalue weighted by atomic mass is 35.5. The van der Waals surface area contributed by atoms with Crippen molar-refractivity contribution < 1.29 is 8.96 Å². The predicted molar refractivity (Wildman–Crippen MR) is 149 cm³/mol. The second-order valence-corrected chi connectivity index (χ2v) is 14.9. The zero-order valence-corrected chi connectivity index (χ0v) is 23.0. The number of allylic oxidation sites excluding steroid dienone is 2. The first-order valence-electron chi connectivity index (χ1n) is 13.3. The summed E-state index contributed by atoms with van der Waals surface area (Å²) in [6.07, 6.45) is 14.7.